The van der Waals surface area contributed by atoms with E-state index < -0.39 is 11.7 Å². The fraction of sp³-hybridized carbons (Fsp3) is 0.533. The van der Waals surface area contributed by atoms with Crippen LogP contribution >= 0.6 is 0 Å². The minimum atomic E-state index is -1.19. The van der Waals surface area contributed by atoms with Crippen LogP contribution in [-0.4, -0.2) is 44.3 Å². The van der Waals surface area contributed by atoms with Gasteiger partial charge in [-0.1, -0.05) is 12.7 Å². The van der Waals surface area contributed by atoms with Crippen LogP contribution in [0.2, 0.25) is 0 Å². The number of hydrogen-bond donors (Lipinski definition) is 2. The highest BCUT2D eigenvalue weighted by Gasteiger charge is 2.31. The smallest absolute Gasteiger partial charge is 0.407 e. The van der Waals surface area contributed by atoms with E-state index in [1.807, 2.05) is 6.92 Å². The van der Waals surface area contributed by atoms with E-state index in [1.165, 1.54) is 11.0 Å². The van der Waals surface area contributed by atoms with Crippen molar-refractivity contribution in [3.05, 3.63) is 35.9 Å². The largest absolute Gasteiger partial charge is 0.465 e. The number of nitrogens with zero attached hydrogens (tertiary/aromatic N) is 3. The number of aliphatic hydroxyl groups is 1. The van der Waals surface area contributed by atoms with Gasteiger partial charge in [-0.25, -0.2) is 14.8 Å². The first-order chi connectivity index (χ1) is 9.85. The number of piperidine rings is 1. The normalized spacial score (nSPS) is 19.1. The molecule has 1 aliphatic heterocycles. The van der Waals surface area contributed by atoms with Gasteiger partial charge in [-0.2, -0.15) is 0 Å². The number of aryl methyl sites for hydroxylation is 1. The molecule has 2 N–H and O–H groups in total. The maximum Gasteiger partial charge on any atom is 0.407 e. The van der Waals surface area contributed by atoms with Gasteiger partial charge in [0, 0.05) is 30.8 Å². The first-order valence-electron chi connectivity index (χ1n) is 7.03. The molecule has 1 unspecified atom stereocenters. The molecule has 1 aliphatic rings. The molecule has 1 aromatic rings. The Morgan fingerprint density at radius 2 is 2.14 bits per heavy atom. The van der Waals surface area contributed by atoms with Crippen molar-refractivity contribution in [1.82, 2.24) is 14.9 Å². The van der Waals surface area contributed by atoms with Crippen LogP contribution in [0, 0.1) is 6.92 Å². The van der Waals surface area contributed by atoms with Crippen molar-refractivity contribution in [3.63, 3.8) is 0 Å². The van der Waals surface area contributed by atoms with Gasteiger partial charge in [0.15, 0.2) is 0 Å². The molecule has 6 nitrogen and oxygen atoms in total. The van der Waals surface area contributed by atoms with E-state index in [4.69, 9.17) is 5.11 Å². The zero-order chi connectivity index (χ0) is 15.6. The molecule has 1 fully saturated rings. The van der Waals surface area contributed by atoms with Crippen LogP contribution in [0.5, 0.6) is 0 Å². The predicted molar refractivity (Wildman–Crippen MR) is 78.1 cm³/mol. The first-order valence-corrected chi connectivity index (χ1v) is 7.03. The minimum absolute atomic E-state index is 0.128. The molecule has 0 bridgehead atoms. The fourth-order valence-corrected chi connectivity index (χ4v) is 2.64. The van der Waals surface area contributed by atoms with Crippen molar-refractivity contribution in [1.29, 1.82) is 0 Å². The number of hydrogen-bond acceptors (Lipinski definition) is 4. The molecular weight excluding hydrogens is 270 g/mol. The monoisotopic (exact) mass is 291 g/mol. The topological polar surface area (TPSA) is 86.6 Å². The van der Waals surface area contributed by atoms with Crippen LogP contribution in [0.15, 0.2) is 18.9 Å². The third-order valence-corrected chi connectivity index (χ3v) is 4.03. The van der Waals surface area contributed by atoms with Crippen molar-refractivity contribution in [2.24, 2.45) is 0 Å². The van der Waals surface area contributed by atoms with Crippen LogP contribution in [0.1, 0.15) is 42.8 Å². The number of carbonyl (C=O) groups is 1. The lowest BCUT2D eigenvalue weighted by atomic mass is 9.85. The molecular formula is C15H21N3O3. The van der Waals surface area contributed by atoms with Gasteiger partial charge >= 0.3 is 6.09 Å². The molecule has 1 aromatic heterocycles. The zero-order valence-electron chi connectivity index (χ0n) is 12.4. The molecule has 21 heavy (non-hydrogen) atoms. The molecule has 1 atom stereocenters. The van der Waals surface area contributed by atoms with Crippen molar-refractivity contribution >= 4 is 6.09 Å². The highest BCUT2D eigenvalue weighted by atomic mass is 16.4. The highest BCUT2D eigenvalue weighted by Crippen LogP contribution is 2.34. The van der Waals surface area contributed by atoms with E-state index in [0.29, 0.717) is 37.3 Å². The van der Waals surface area contributed by atoms with E-state index in [2.05, 4.69) is 16.5 Å². The molecule has 0 saturated carbocycles. The maximum absolute atomic E-state index is 11.0. The molecule has 6 heteroatoms. The summed E-state index contributed by atoms with van der Waals surface area (Å²) in [5.41, 5.74) is 0.266. The fourth-order valence-electron chi connectivity index (χ4n) is 2.64. The number of amides is 1. The molecule has 114 valence electrons. The Kier molecular flexibility index (Phi) is 4.27. The van der Waals surface area contributed by atoms with Crippen LogP contribution in [0.3, 0.4) is 0 Å². The Morgan fingerprint density at radius 1 is 1.52 bits per heavy atom. The van der Waals surface area contributed by atoms with E-state index >= 15 is 0 Å². The summed E-state index contributed by atoms with van der Waals surface area (Å²) in [4.78, 5) is 21.0. The standard InChI is InChI=1S/C15H21N3O3/c1-4-15(3,21)12-9-16-10(2)17-13(12)11-5-7-18(8-6-11)14(19)20/h4,9,11,21H,1,5-8H2,2-3H3,(H,19,20). The van der Waals surface area contributed by atoms with Gasteiger partial charge in [0.2, 0.25) is 0 Å². The summed E-state index contributed by atoms with van der Waals surface area (Å²) >= 11 is 0. The van der Waals surface area contributed by atoms with Gasteiger partial charge < -0.3 is 15.1 Å². The van der Waals surface area contributed by atoms with Crippen LogP contribution < -0.4 is 0 Å². The summed E-state index contributed by atoms with van der Waals surface area (Å²) in [6.07, 6.45) is 3.62. The Hall–Kier alpha value is -1.95. The SMILES string of the molecule is C=CC(C)(O)c1cnc(C)nc1C1CCN(C(=O)O)CC1. The molecule has 0 aromatic carbocycles. The van der Waals surface area contributed by atoms with Crippen LogP contribution in [0.25, 0.3) is 0 Å². The number of aromatic nitrogens is 2. The highest BCUT2D eigenvalue weighted by molar-refractivity contribution is 5.65. The summed E-state index contributed by atoms with van der Waals surface area (Å²) in [6, 6.07) is 0. The quantitative estimate of drug-likeness (QED) is 0.832. The lowest BCUT2D eigenvalue weighted by molar-refractivity contribution is 0.107. The zero-order valence-corrected chi connectivity index (χ0v) is 12.4. The lowest BCUT2D eigenvalue weighted by Gasteiger charge is -2.32. The van der Waals surface area contributed by atoms with Gasteiger partial charge in [0.1, 0.15) is 11.4 Å². The summed E-state index contributed by atoms with van der Waals surface area (Å²) in [5, 5.41) is 19.4. The van der Waals surface area contributed by atoms with Crippen molar-refractivity contribution < 1.29 is 15.0 Å². The van der Waals surface area contributed by atoms with Gasteiger partial charge in [0.25, 0.3) is 0 Å². The second-order valence-corrected chi connectivity index (χ2v) is 5.61. The minimum Gasteiger partial charge on any atom is -0.465 e. The summed E-state index contributed by atoms with van der Waals surface area (Å²) < 4.78 is 0. The molecule has 2 rings (SSSR count). The number of carboxylic acid groups (broad SMARTS) is 1. The molecule has 0 spiro atoms. The lowest BCUT2D eigenvalue weighted by Crippen LogP contribution is -2.37. The van der Waals surface area contributed by atoms with E-state index in [9.17, 15) is 9.90 Å². The predicted octanol–water partition coefficient (Wildman–Crippen LogP) is 2.04. The molecule has 2 heterocycles. The Bertz CT molecular complexity index is 549. The number of likely N-dealkylation sites (tertiary alicyclic amines) is 1. The number of rotatable bonds is 3. The second-order valence-electron chi connectivity index (χ2n) is 5.61. The van der Waals surface area contributed by atoms with Crippen molar-refractivity contribution in [2.75, 3.05) is 13.1 Å². The van der Waals surface area contributed by atoms with Gasteiger partial charge in [-0.05, 0) is 26.7 Å². The Labute approximate surface area is 124 Å². The van der Waals surface area contributed by atoms with E-state index in [-0.39, 0.29) is 5.92 Å². The summed E-state index contributed by atoms with van der Waals surface area (Å²) in [5.74, 6) is 0.776. The maximum atomic E-state index is 11.0. The average molecular weight is 291 g/mol. The van der Waals surface area contributed by atoms with Gasteiger partial charge in [0.05, 0.1) is 5.69 Å². The summed E-state index contributed by atoms with van der Waals surface area (Å²) in [7, 11) is 0. The third kappa shape index (κ3) is 3.21. The second kappa shape index (κ2) is 5.81. The van der Waals surface area contributed by atoms with Crippen molar-refractivity contribution in [2.45, 2.75) is 38.2 Å². The van der Waals surface area contributed by atoms with Crippen LogP contribution in [-0.2, 0) is 5.60 Å². The Morgan fingerprint density at radius 3 is 2.67 bits per heavy atom. The molecule has 0 radical (unpaired) electrons. The van der Waals surface area contributed by atoms with Gasteiger partial charge in [-0.3, -0.25) is 0 Å². The van der Waals surface area contributed by atoms with E-state index in [0.717, 1.165) is 5.69 Å². The van der Waals surface area contributed by atoms with Gasteiger partial charge in [-0.15, -0.1) is 0 Å². The van der Waals surface area contributed by atoms with Crippen LogP contribution in [0.4, 0.5) is 4.79 Å². The molecule has 1 amide bonds. The summed E-state index contributed by atoms with van der Waals surface area (Å²) in [6.45, 7) is 8.10. The van der Waals surface area contributed by atoms with Crippen molar-refractivity contribution in [3.8, 4) is 0 Å². The third-order valence-electron chi connectivity index (χ3n) is 4.03. The molecule has 0 aliphatic carbocycles. The van der Waals surface area contributed by atoms with E-state index in [1.54, 1.807) is 13.1 Å². The Balaban J connectivity index is 2.30. The first kappa shape index (κ1) is 15.4. The molecule has 1 saturated heterocycles. The average Bonchev–Trinajstić information content (AvgIpc) is 2.47.